The van der Waals surface area contributed by atoms with Gasteiger partial charge in [0.2, 0.25) is 5.95 Å². The van der Waals surface area contributed by atoms with Crippen LogP contribution in [0.5, 0.6) is 11.8 Å². The molecule has 3 aromatic rings. The molecule has 2 aliphatic heterocycles. The molecule has 1 N–H and O–H groups in total. The maximum Gasteiger partial charge on any atom is 0.419 e. The van der Waals surface area contributed by atoms with Crippen molar-refractivity contribution in [3.8, 4) is 11.8 Å². The minimum atomic E-state index is -4.83. The molecule has 0 amide bonds. The third kappa shape index (κ3) is 3.51. The number of benzene rings is 1. The molecule has 1 aliphatic carbocycles. The van der Waals surface area contributed by atoms with Crippen molar-refractivity contribution in [2.45, 2.75) is 19.1 Å². The lowest BCUT2D eigenvalue weighted by Crippen LogP contribution is -2.34. The molecule has 2 unspecified atom stereocenters. The molecule has 2 atom stereocenters. The number of aromatic nitrogens is 5. The molecular formula is C20H17F4N7O. The van der Waals surface area contributed by atoms with Crippen molar-refractivity contribution in [1.29, 1.82) is 0 Å². The lowest BCUT2D eigenvalue weighted by atomic mass is 9.91. The summed E-state index contributed by atoms with van der Waals surface area (Å²) in [6, 6.07) is 4.25. The summed E-state index contributed by atoms with van der Waals surface area (Å²) >= 11 is 0. The standard InChI is InChI=1S/C20H17F4N7O/c1-10-5-16(26-9-25-10)31-8-11-6-15(31)17(11)27-18-28-19(30(2)29-18)32-12-3-4-14(21)13(7-12)20(22,23)24/h3-7,9,11,17H,8H2,1-2H3,(H,27,29). The van der Waals surface area contributed by atoms with Crippen molar-refractivity contribution in [2.24, 2.45) is 13.0 Å². The minimum absolute atomic E-state index is 0.0248. The summed E-state index contributed by atoms with van der Waals surface area (Å²) in [5, 5.41) is 7.46. The molecule has 4 heterocycles. The Labute approximate surface area is 179 Å². The highest BCUT2D eigenvalue weighted by molar-refractivity contribution is 5.59. The smallest absolute Gasteiger partial charge is 0.419 e. The van der Waals surface area contributed by atoms with E-state index in [-0.39, 0.29) is 29.7 Å². The number of halogens is 4. The molecule has 3 aliphatic rings. The van der Waals surface area contributed by atoms with Crippen LogP contribution in [0.2, 0.25) is 0 Å². The maximum absolute atomic E-state index is 13.5. The number of alkyl halides is 3. The van der Waals surface area contributed by atoms with Crippen molar-refractivity contribution in [2.75, 3.05) is 16.8 Å². The summed E-state index contributed by atoms with van der Waals surface area (Å²) in [5.41, 5.74) is 0.497. The van der Waals surface area contributed by atoms with E-state index in [0.29, 0.717) is 12.1 Å². The fraction of sp³-hybridized carbons (Fsp3) is 0.300. The highest BCUT2D eigenvalue weighted by Crippen LogP contribution is 2.42. The Morgan fingerprint density at radius 1 is 1.19 bits per heavy atom. The highest BCUT2D eigenvalue weighted by atomic mass is 19.4. The number of nitrogens with zero attached hydrogens (tertiary/aromatic N) is 6. The summed E-state index contributed by atoms with van der Waals surface area (Å²) in [6.45, 7) is 2.66. The number of anilines is 2. The number of hydrogen-bond acceptors (Lipinski definition) is 7. The van der Waals surface area contributed by atoms with Gasteiger partial charge in [-0.1, -0.05) is 6.08 Å². The molecule has 8 nitrogen and oxygen atoms in total. The van der Waals surface area contributed by atoms with E-state index in [0.717, 1.165) is 29.8 Å². The lowest BCUT2D eigenvalue weighted by Gasteiger charge is -2.27. The second-order valence-corrected chi connectivity index (χ2v) is 7.59. The summed E-state index contributed by atoms with van der Waals surface area (Å²) < 4.78 is 59.0. The molecule has 1 fully saturated rings. The van der Waals surface area contributed by atoms with Crippen LogP contribution in [0.15, 0.2) is 42.4 Å². The summed E-state index contributed by atoms with van der Waals surface area (Å²) in [7, 11) is 1.55. The Balaban J connectivity index is 1.30. The van der Waals surface area contributed by atoms with Gasteiger partial charge in [-0.25, -0.2) is 19.0 Å². The zero-order valence-corrected chi connectivity index (χ0v) is 16.9. The molecular weight excluding hydrogens is 430 g/mol. The van der Waals surface area contributed by atoms with E-state index >= 15 is 0 Å². The van der Waals surface area contributed by atoms with Gasteiger partial charge in [-0.15, -0.1) is 5.10 Å². The number of aryl methyl sites for hydroxylation is 2. The van der Waals surface area contributed by atoms with Gasteiger partial charge in [0.15, 0.2) is 0 Å². The van der Waals surface area contributed by atoms with E-state index in [4.69, 9.17) is 4.74 Å². The Kier molecular flexibility index (Phi) is 4.53. The predicted molar refractivity (Wildman–Crippen MR) is 106 cm³/mol. The highest BCUT2D eigenvalue weighted by Gasteiger charge is 2.45. The Hall–Kier alpha value is -3.70. The monoisotopic (exact) mass is 447 g/mol. The topological polar surface area (TPSA) is 81.0 Å². The lowest BCUT2D eigenvalue weighted by molar-refractivity contribution is -0.140. The Morgan fingerprint density at radius 3 is 2.75 bits per heavy atom. The zero-order valence-electron chi connectivity index (χ0n) is 16.9. The summed E-state index contributed by atoms with van der Waals surface area (Å²) in [6.07, 6.45) is -1.18. The van der Waals surface area contributed by atoms with Crippen LogP contribution in [-0.4, -0.2) is 37.3 Å². The van der Waals surface area contributed by atoms with E-state index < -0.39 is 17.6 Å². The van der Waals surface area contributed by atoms with Crippen LogP contribution in [0.3, 0.4) is 0 Å². The number of hydrogen-bond donors (Lipinski definition) is 1. The normalized spacial score (nSPS) is 19.6. The van der Waals surface area contributed by atoms with Crippen LogP contribution in [0.25, 0.3) is 0 Å². The van der Waals surface area contributed by atoms with Gasteiger partial charge in [0.1, 0.15) is 23.7 Å². The molecule has 32 heavy (non-hydrogen) atoms. The van der Waals surface area contributed by atoms with Gasteiger partial charge in [-0.3, -0.25) is 0 Å². The van der Waals surface area contributed by atoms with Gasteiger partial charge < -0.3 is 15.0 Å². The van der Waals surface area contributed by atoms with Gasteiger partial charge in [-0.2, -0.15) is 18.2 Å². The Bertz CT molecular complexity index is 1220. The van der Waals surface area contributed by atoms with Crippen molar-refractivity contribution in [1.82, 2.24) is 24.7 Å². The first-order valence-electron chi connectivity index (χ1n) is 9.69. The molecule has 0 saturated carbocycles. The number of fused-ring (bicyclic) bond motifs is 1. The van der Waals surface area contributed by atoms with Gasteiger partial charge in [0.05, 0.1) is 11.6 Å². The van der Waals surface area contributed by atoms with Gasteiger partial charge in [-0.05, 0) is 25.1 Å². The molecule has 2 aromatic heterocycles. The molecule has 12 heteroatoms. The zero-order chi connectivity index (χ0) is 22.6. The third-order valence-electron chi connectivity index (χ3n) is 5.36. The fourth-order valence-corrected chi connectivity index (χ4v) is 3.80. The maximum atomic E-state index is 13.5. The fourth-order valence-electron chi connectivity index (χ4n) is 3.80. The van der Waals surface area contributed by atoms with Crippen LogP contribution in [0, 0.1) is 18.7 Å². The molecule has 1 saturated heterocycles. The van der Waals surface area contributed by atoms with Crippen molar-refractivity contribution in [3.63, 3.8) is 0 Å². The van der Waals surface area contributed by atoms with Crippen LogP contribution < -0.4 is 15.0 Å². The second-order valence-electron chi connectivity index (χ2n) is 7.59. The summed E-state index contributed by atoms with van der Waals surface area (Å²) in [5.74, 6) is -0.257. The third-order valence-corrected chi connectivity index (χ3v) is 5.36. The number of rotatable bonds is 5. The van der Waals surface area contributed by atoms with Crippen LogP contribution in [0.4, 0.5) is 29.3 Å². The first kappa shape index (κ1) is 20.2. The molecule has 0 spiro atoms. The van der Waals surface area contributed by atoms with Gasteiger partial charge in [0.25, 0.3) is 0 Å². The summed E-state index contributed by atoms with van der Waals surface area (Å²) in [4.78, 5) is 14.7. The van der Waals surface area contributed by atoms with Crippen molar-refractivity contribution < 1.29 is 22.3 Å². The quantitative estimate of drug-likeness (QED) is 0.598. The first-order chi connectivity index (χ1) is 15.2. The average Bonchev–Trinajstić information content (AvgIpc) is 3.41. The number of nitrogens with one attached hydrogen (secondary N) is 1. The molecule has 166 valence electrons. The number of ether oxygens (including phenoxy) is 1. The minimum Gasteiger partial charge on any atom is -0.424 e. The van der Waals surface area contributed by atoms with Gasteiger partial charge >= 0.3 is 12.2 Å². The molecule has 2 bridgehead atoms. The van der Waals surface area contributed by atoms with Crippen LogP contribution in [-0.2, 0) is 13.2 Å². The van der Waals surface area contributed by atoms with Crippen LogP contribution in [0.1, 0.15) is 11.3 Å². The molecule has 6 rings (SSSR count). The van der Waals surface area contributed by atoms with E-state index in [1.54, 1.807) is 7.05 Å². The van der Waals surface area contributed by atoms with E-state index in [2.05, 4.69) is 36.3 Å². The second kappa shape index (κ2) is 7.18. The predicted octanol–water partition coefficient (Wildman–Crippen LogP) is 3.68. The average molecular weight is 447 g/mol. The van der Waals surface area contributed by atoms with E-state index in [1.165, 1.54) is 11.0 Å². The largest absolute Gasteiger partial charge is 0.424 e. The molecule has 1 aromatic carbocycles. The first-order valence-corrected chi connectivity index (χ1v) is 9.69. The van der Waals surface area contributed by atoms with Crippen LogP contribution >= 0.6 is 0 Å². The van der Waals surface area contributed by atoms with E-state index in [1.807, 2.05) is 13.0 Å². The van der Waals surface area contributed by atoms with Crippen molar-refractivity contribution in [3.05, 3.63) is 59.4 Å². The molecule has 0 radical (unpaired) electrons. The SMILES string of the molecule is Cc1cc(N2CC3C=C2C3Nc2nc(Oc3ccc(F)c(C(F)(F)F)c3)n(C)n2)ncn1. The Morgan fingerprint density at radius 2 is 2.00 bits per heavy atom. The van der Waals surface area contributed by atoms with Crippen molar-refractivity contribution >= 4 is 11.8 Å². The van der Waals surface area contributed by atoms with E-state index in [9.17, 15) is 17.6 Å². The van der Waals surface area contributed by atoms with Gasteiger partial charge in [0, 0.05) is 37.0 Å².